The number of hydrogen-bond donors (Lipinski definition) is 0. The van der Waals surface area contributed by atoms with Crippen LogP contribution in [0.2, 0.25) is 0 Å². The molecule has 0 radical (unpaired) electrons. The third-order valence-corrected chi connectivity index (χ3v) is 2.84. The number of methoxy groups -OCH3 is 1. The molecule has 0 saturated heterocycles. The Balaban J connectivity index is 2.40. The van der Waals surface area contributed by atoms with Crippen LogP contribution in [0, 0.1) is 0 Å². The highest BCUT2D eigenvalue weighted by Gasteiger charge is 2.15. The maximum absolute atomic E-state index is 6.07. The van der Waals surface area contributed by atoms with Crippen LogP contribution in [0.5, 0.6) is 0 Å². The zero-order valence-electron chi connectivity index (χ0n) is 10.4. The van der Waals surface area contributed by atoms with Crippen molar-refractivity contribution in [2.24, 2.45) is 0 Å². The van der Waals surface area contributed by atoms with Crippen molar-refractivity contribution in [2.45, 2.75) is 18.7 Å². The van der Waals surface area contributed by atoms with Crippen LogP contribution >= 0.6 is 11.6 Å². The molecular weight excluding hydrogens is 252 g/mol. The SMILES string of the molecule is COCCc1ccccc1-n1nnnc1C(C)Cl. The lowest BCUT2D eigenvalue weighted by Gasteiger charge is -2.10. The van der Waals surface area contributed by atoms with Gasteiger partial charge in [0.15, 0.2) is 5.82 Å². The fraction of sp³-hybridized carbons (Fsp3) is 0.417. The molecule has 0 saturated carbocycles. The molecule has 0 bridgehead atoms. The van der Waals surface area contributed by atoms with Gasteiger partial charge in [0.25, 0.3) is 0 Å². The smallest absolute Gasteiger partial charge is 0.174 e. The van der Waals surface area contributed by atoms with Crippen molar-refractivity contribution in [1.29, 1.82) is 0 Å². The molecule has 2 rings (SSSR count). The van der Waals surface area contributed by atoms with E-state index in [-0.39, 0.29) is 5.38 Å². The number of halogens is 1. The van der Waals surface area contributed by atoms with Gasteiger partial charge in [0, 0.05) is 7.11 Å². The van der Waals surface area contributed by atoms with Crippen LogP contribution < -0.4 is 0 Å². The molecule has 0 aliphatic carbocycles. The van der Waals surface area contributed by atoms with Crippen molar-refractivity contribution in [3.63, 3.8) is 0 Å². The molecule has 18 heavy (non-hydrogen) atoms. The number of alkyl halides is 1. The molecule has 0 amide bonds. The van der Waals surface area contributed by atoms with Crippen molar-refractivity contribution in [2.75, 3.05) is 13.7 Å². The van der Waals surface area contributed by atoms with Gasteiger partial charge in [-0.3, -0.25) is 0 Å². The van der Waals surface area contributed by atoms with Gasteiger partial charge in [-0.05, 0) is 35.4 Å². The van der Waals surface area contributed by atoms with E-state index < -0.39 is 0 Å². The summed E-state index contributed by atoms with van der Waals surface area (Å²) in [7, 11) is 1.69. The van der Waals surface area contributed by atoms with E-state index in [1.165, 1.54) is 0 Å². The summed E-state index contributed by atoms with van der Waals surface area (Å²) in [6, 6.07) is 7.96. The summed E-state index contributed by atoms with van der Waals surface area (Å²) in [6.07, 6.45) is 0.808. The van der Waals surface area contributed by atoms with Gasteiger partial charge in [0.1, 0.15) is 0 Å². The molecule has 6 heteroatoms. The predicted octanol–water partition coefficient (Wildman–Crippen LogP) is 2.15. The summed E-state index contributed by atoms with van der Waals surface area (Å²) < 4.78 is 6.79. The molecule has 5 nitrogen and oxygen atoms in total. The van der Waals surface area contributed by atoms with Gasteiger partial charge < -0.3 is 4.74 Å². The van der Waals surface area contributed by atoms with E-state index in [4.69, 9.17) is 16.3 Å². The number of rotatable bonds is 5. The minimum Gasteiger partial charge on any atom is -0.384 e. The molecule has 0 N–H and O–H groups in total. The fourth-order valence-corrected chi connectivity index (χ4v) is 1.89. The molecule has 1 heterocycles. The van der Waals surface area contributed by atoms with Gasteiger partial charge in [0.2, 0.25) is 0 Å². The van der Waals surface area contributed by atoms with Crippen molar-refractivity contribution < 1.29 is 4.74 Å². The van der Waals surface area contributed by atoms with Crippen LogP contribution in [0.25, 0.3) is 5.69 Å². The first kappa shape index (κ1) is 13.0. The Hall–Kier alpha value is -1.46. The molecular formula is C12H15ClN4O. The first-order valence-electron chi connectivity index (χ1n) is 5.73. The second-order valence-electron chi connectivity index (χ2n) is 3.94. The summed E-state index contributed by atoms with van der Waals surface area (Å²) in [4.78, 5) is 0. The predicted molar refractivity (Wildman–Crippen MR) is 69.0 cm³/mol. The van der Waals surface area contributed by atoms with Gasteiger partial charge in [-0.1, -0.05) is 18.2 Å². The van der Waals surface area contributed by atoms with Gasteiger partial charge in [-0.15, -0.1) is 16.7 Å². The van der Waals surface area contributed by atoms with E-state index in [2.05, 4.69) is 15.5 Å². The second kappa shape index (κ2) is 5.93. The quantitative estimate of drug-likeness (QED) is 0.778. The van der Waals surface area contributed by atoms with Crippen LogP contribution in [0.4, 0.5) is 0 Å². The van der Waals surface area contributed by atoms with E-state index in [0.29, 0.717) is 12.4 Å². The average Bonchev–Trinajstić information content (AvgIpc) is 2.86. The summed E-state index contributed by atoms with van der Waals surface area (Å²) >= 11 is 6.07. The summed E-state index contributed by atoms with van der Waals surface area (Å²) in [5.74, 6) is 0.640. The van der Waals surface area contributed by atoms with Gasteiger partial charge in [0.05, 0.1) is 17.7 Å². The van der Waals surface area contributed by atoms with E-state index in [9.17, 15) is 0 Å². The first-order valence-corrected chi connectivity index (χ1v) is 6.17. The number of benzene rings is 1. The molecule has 0 fully saturated rings. The third kappa shape index (κ3) is 2.68. The van der Waals surface area contributed by atoms with Crippen LogP contribution in [0.1, 0.15) is 23.7 Å². The fourth-order valence-electron chi connectivity index (χ4n) is 1.75. The third-order valence-electron chi connectivity index (χ3n) is 2.64. The Kier molecular flexibility index (Phi) is 4.28. The Labute approximate surface area is 111 Å². The Morgan fingerprint density at radius 1 is 1.39 bits per heavy atom. The van der Waals surface area contributed by atoms with Crippen LogP contribution in [-0.2, 0) is 11.2 Å². The van der Waals surface area contributed by atoms with E-state index in [0.717, 1.165) is 17.7 Å². The molecule has 2 aromatic rings. The largest absolute Gasteiger partial charge is 0.384 e. The van der Waals surface area contributed by atoms with Crippen LogP contribution in [0.3, 0.4) is 0 Å². The van der Waals surface area contributed by atoms with Gasteiger partial charge in [-0.2, -0.15) is 4.68 Å². The molecule has 1 aromatic carbocycles. The maximum Gasteiger partial charge on any atom is 0.174 e. The lowest BCUT2D eigenvalue weighted by molar-refractivity contribution is 0.202. The monoisotopic (exact) mass is 266 g/mol. The number of ether oxygens (including phenoxy) is 1. The van der Waals surface area contributed by atoms with E-state index in [1.54, 1.807) is 11.8 Å². The molecule has 1 aromatic heterocycles. The standard InChI is InChI=1S/C12H15ClN4O/c1-9(13)12-14-15-16-17(12)11-6-4-3-5-10(11)7-8-18-2/h3-6,9H,7-8H2,1-2H3. The summed E-state index contributed by atoms with van der Waals surface area (Å²) in [5.41, 5.74) is 2.08. The molecule has 0 spiro atoms. The highest BCUT2D eigenvalue weighted by Crippen LogP contribution is 2.21. The van der Waals surface area contributed by atoms with Crippen molar-refractivity contribution in [3.05, 3.63) is 35.7 Å². The average molecular weight is 267 g/mol. The maximum atomic E-state index is 6.07. The first-order chi connectivity index (χ1) is 8.74. The van der Waals surface area contributed by atoms with E-state index in [1.807, 2.05) is 31.2 Å². The zero-order valence-corrected chi connectivity index (χ0v) is 11.1. The summed E-state index contributed by atoms with van der Waals surface area (Å²) in [5, 5.41) is 11.4. The lowest BCUT2D eigenvalue weighted by atomic mass is 10.1. The molecule has 0 aliphatic rings. The minimum absolute atomic E-state index is 0.240. The number of aromatic nitrogens is 4. The Morgan fingerprint density at radius 2 is 2.17 bits per heavy atom. The highest BCUT2D eigenvalue weighted by atomic mass is 35.5. The van der Waals surface area contributed by atoms with Crippen molar-refractivity contribution >= 4 is 11.6 Å². The second-order valence-corrected chi connectivity index (χ2v) is 4.59. The number of hydrogen-bond acceptors (Lipinski definition) is 4. The zero-order chi connectivity index (χ0) is 13.0. The van der Waals surface area contributed by atoms with Crippen LogP contribution in [-0.4, -0.2) is 33.9 Å². The Bertz CT molecular complexity index is 512. The molecule has 1 unspecified atom stereocenters. The highest BCUT2D eigenvalue weighted by molar-refractivity contribution is 6.20. The number of tetrazole rings is 1. The molecule has 96 valence electrons. The van der Waals surface area contributed by atoms with Crippen LogP contribution in [0.15, 0.2) is 24.3 Å². The summed E-state index contributed by atoms with van der Waals surface area (Å²) in [6.45, 7) is 2.51. The number of para-hydroxylation sites is 1. The van der Waals surface area contributed by atoms with Crippen molar-refractivity contribution in [3.8, 4) is 5.69 Å². The molecule has 1 atom stereocenters. The van der Waals surface area contributed by atoms with Gasteiger partial charge >= 0.3 is 0 Å². The van der Waals surface area contributed by atoms with E-state index >= 15 is 0 Å². The number of nitrogens with zero attached hydrogens (tertiary/aromatic N) is 4. The Morgan fingerprint density at radius 3 is 2.89 bits per heavy atom. The van der Waals surface area contributed by atoms with Gasteiger partial charge in [-0.25, -0.2) is 0 Å². The molecule has 0 aliphatic heterocycles. The topological polar surface area (TPSA) is 52.8 Å². The van der Waals surface area contributed by atoms with Crippen molar-refractivity contribution in [1.82, 2.24) is 20.2 Å². The normalized spacial score (nSPS) is 12.6. The minimum atomic E-state index is -0.240. The lowest BCUT2D eigenvalue weighted by Crippen LogP contribution is -2.08.